The summed E-state index contributed by atoms with van der Waals surface area (Å²) in [6, 6.07) is 0.797. The van der Waals surface area contributed by atoms with E-state index in [4.69, 9.17) is 9.47 Å². The lowest BCUT2D eigenvalue weighted by atomic mass is 9.44. The van der Waals surface area contributed by atoms with Crippen LogP contribution in [0.15, 0.2) is 0 Å². The van der Waals surface area contributed by atoms with E-state index in [1.54, 1.807) is 6.92 Å². The fourth-order valence-electron chi connectivity index (χ4n) is 11.9. The number of rotatable bonds is 6. The topological polar surface area (TPSA) is 55.8 Å². The van der Waals surface area contributed by atoms with Crippen LogP contribution in [0.25, 0.3) is 0 Å². The summed E-state index contributed by atoms with van der Waals surface area (Å²) >= 11 is 0. The molecule has 6 aliphatic rings. The van der Waals surface area contributed by atoms with Crippen molar-refractivity contribution in [2.24, 2.45) is 34.5 Å². The van der Waals surface area contributed by atoms with Crippen molar-refractivity contribution in [3.05, 3.63) is 0 Å². The van der Waals surface area contributed by atoms with Gasteiger partial charge in [0.25, 0.3) is 0 Å². The maximum Gasteiger partial charge on any atom is 0.306 e. The van der Waals surface area contributed by atoms with Crippen molar-refractivity contribution in [1.82, 2.24) is 4.90 Å². The van der Waals surface area contributed by atoms with Crippen LogP contribution in [0.3, 0.4) is 0 Å². The highest BCUT2D eigenvalue weighted by Gasteiger charge is 2.67. The van der Waals surface area contributed by atoms with Crippen molar-refractivity contribution >= 4 is 11.9 Å². The van der Waals surface area contributed by atoms with Crippen LogP contribution in [0.1, 0.15) is 124 Å². The van der Waals surface area contributed by atoms with Gasteiger partial charge in [0, 0.05) is 31.2 Å². The Hall–Kier alpha value is -1.14. The summed E-state index contributed by atoms with van der Waals surface area (Å²) in [5, 5.41) is 0. The van der Waals surface area contributed by atoms with E-state index in [1.807, 2.05) is 0 Å². The zero-order valence-corrected chi connectivity index (χ0v) is 27.6. The van der Waals surface area contributed by atoms with Gasteiger partial charge in [0.15, 0.2) is 6.10 Å². The lowest BCUT2D eigenvalue weighted by Crippen LogP contribution is -2.61. The largest absolute Gasteiger partial charge is 0.461 e. The first-order chi connectivity index (χ1) is 20.1. The number of ether oxygens (including phenoxy) is 2. The molecule has 0 aromatic rings. The summed E-state index contributed by atoms with van der Waals surface area (Å²) in [6.45, 7) is 13.6. The fourth-order valence-corrected chi connectivity index (χ4v) is 11.9. The number of quaternary nitrogens is 1. The van der Waals surface area contributed by atoms with Gasteiger partial charge in [-0.25, -0.2) is 0 Å². The minimum atomic E-state index is -0.109. The quantitative estimate of drug-likeness (QED) is 0.255. The first kappa shape index (κ1) is 30.9. The molecular weight excluding hydrogens is 524 g/mol. The van der Waals surface area contributed by atoms with Gasteiger partial charge in [-0.2, -0.15) is 0 Å². The number of nitrogens with zero attached hydrogens (tertiary/aromatic N) is 2. The smallest absolute Gasteiger partial charge is 0.306 e. The van der Waals surface area contributed by atoms with E-state index in [-0.39, 0.29) is 29.6 Å². The summed E-state index contributed by atoms with van der Waals surface area (Å²) in [4.78, 5) is 28.0. The van der Waals surface area contributed by atoms with Crippen LogP contribution in [0.4, 0.5) is 0 Å². The van der Waals surface area contributed by atoms with Gasteiger partial charge in [-0.1, -0.05) is 27.2 Å². The van der Waals surface area contributed by atoms with Gasteiger partial charge in [-0.05, 0) is 119 Å². The van der Waals surface area contributed by atoms with Crippen molar-refractivity contribution in [3.8, 4) is 0 Å². The number of likely N-dealkylation sites (tertiary alicyclic amines) is 2. The molecule has 6 fully saturated rings. The fraction of sp³-hybridized carbons (Fsp3) is 0.944. The molecule has 0 N–H and O–H groups in total. The molecule has 4 aliphatic carbocycles. The number of esters is 2. The third-order valence-electron chi connectivity index (χ3n) is 14.1. The van der Waals surface area contributed by atoms with Crippen LogP contribution in [-0.2, 0) is 19.1 Å². The van der Waals surface area contributed by atoms with Crippen molar-refractivity contribution in [3.63, 3.8) is 0 Å². The molecule has 6 nitrogen and oxygen atoms in total. The maximum atomic E-state index is 13.1. The van der Waals surface area contributed by atoms with E-state index < -0.39 is 0 Å². The molecule has 2 aliphatic heterocycles. The number of carbonyl (C=O) groups is 2. The third-order valence-corrected chi connectivity index (χ3v) is 14.1. The second-order valence-corrected chi connectivity index (χ2v) is 16.4. The highest BCUT2D eigenvalue weighted by Crippen LogP contribution is 2.67. The Morgan fingerprint density at radius 3 is 2.29 bits per heavy atom. The van der Waals surface area contributed by atoms with Gasteiger partial charge in [-0.3, -0.25) is 14.5 Å². The summed E-state index contributed by atoms with van der Waals surface area (Å²) in [5.41, 5.74) is 0.372. The van der Waals surface area contributed by atoms with Gasteiger partial charge in [0.2, 0.25) is 0 Å². The minimum absolute atomic E-state index is 0.0314. The molecule has 0 unspecified atom stereocenters. The van der Waals surface area contributed by atoms with E-state index in [1.165, 1.54) is 90.1 Å². The molecule has 0 spiro atoms. The summed E-state index contributed by atoms with van der Waals surface area (Å²) < 4.78 is 13.8. The molecule has 10 atom stereocenters. The number of hydrogen-bond acceptors (Lipinski definition) is 5. The summed E-state index contributed by atoms with van der Waals surface area (Å²) in [7, 11) is 2.49. The summed E-state index contributed by atoms with van der Waals surface area (Å²) in [5.74, 6) is 2.63. The molecular formula is C36H61N2O4+. The van der Waals surface area contributed by atoms with Crippen molar-refractivity contribution in [2.45, 2.75) is 148 Å². The Morgan fingerprint density at radius 1 is 0.881 bits per heavy atom. The van der Waals surface area contributed by atoms with E-state index >= 15 is 0 Å². The van der Waals surface area contributed by atoms with Crippen molar-refractivity contribution in [1.29, 1.82) is 0 Å². The van der Waals surface area contributed by atoms with Gasteiger partial charge in [0.05, 0.1) is 20.1 Å². The molecule has 0 bridgehead atoms. The van der Waals surface area contributed by atoms with E-state index in [9.17, 15) is 9.59 Å². The van der Waals surface area contributed by atoms with Gasteiger partial charge in [-0.15, -0.1) is 0 Å². The Balaban J connectivity index is 1.29. The molecule has 2 heterocycles. The van der Waals surface area contributed by atoms with Gasteiger partial charge >= 0.3 is 11.9 Å². The van der Waals surface area contributed by atoms with Crippen LogP contribution < -0.4 is 0 Å². The molecule has 0 aromatic carbocycles. The Kier molecular flexibility index (Phi) is 8.81. The predicted molar refractivity (Wildman–Crippen MR) is 166 cm³/mol. The lowest BCUT2D eigenvalue weighted by Gasteiger charge is -2.62. The monoisotopic (exact) mass is 585 g/mol. The molecule has 2 saturated heterocycles. The van der Waals surface area contributed by atoms with Crippen LogP contribution in [0.5, 0.6) is 0 Å². The molecule has 0 amide bonds. The summed E-state index contributed by atoms with van der Waals surface area (Å²) in [6.07, 6.45) is 17.7. The number of carbonyl (C=O) groups excluding carboxylic acids is 2. The normalized spacial score (nSPS) is 45.3. The first-order valence-corrected chi connectivity index (χ1v) is 18.0. The molecule has 6 rings (SSSR count). The van der Waals surface area contributed by atoms with E-state index in [0.717, 1.165) is 36.3 Å². The van der Waals surface area contributed by atoms with Crippen LogP contribution >= 0.6 is 0 Å². The van der Waals surface area contributed by atoms with E-state index in [0.29, 0.717) is 41.7 Å². The second kappa shape index (κ2) is 12.0. The lowest BCUT2D eigenvalue weighted by molar-refractivity contribution is -0.940. The third kappa shape index (κ3) is 5.37. The highest BCUT2D eigenvalue weighted by atomic mass is 16.5. The van der Waals surface area contributed by atoms with E-state index in [2.05, 4.69) is 32.7 Å². The SMILES string of the molecule is CCCC(=O)O[C@@H]1[C@@H]([N+]2(C)CCCCC2)C[C@H]2[C@@H]3CC[C@H]4C[C@H](OC(C)=O)[C@@H](N5CCCCC5)C[C@]4(C)[C@H]3CC[C@]12C. The molecule has 42 heavy (non-hydrogen) atoms. The number of likely N-dealkylation sites (N-methyl/N-ethyl adjacent to an activating group) is 1. The molecule has 4 saturated carbocycles. The number of hydrogen-bond donors (Lipinski definition) is 0. The van der Waals surface area contributed by atoms with Crippen LogP contribution in [0.2, 0.25) is 0 Å². The molecule has 238 valence electrons. The van der Waals surface area contributed by atoms with Gasteiger partial charge < -0.3 is 14.0 Å². The minimum Gasteiger partial charge on any atom is -0.461 e. The highest BCUT2D eigenvalue weighted by molar-refractivity contribution is 5.69. The maximum absolute atomic E-state index is 13.1. The molecule has 0 aromatic heterocycles. The predicted octanol–water partition coefficient (Wildman–Crippen LogP) is 6.75. The zero-order valence-electron chi connectivity index (χ0n) is 27.6. The zero-order chi connectivity index (χ0) is 29.7. The van der Waals surface area contributed by atoms with Crippen molar-refractivity contribution < 1.29 is 23.5 Å². The number of piperidine rings is 2. The Labute approximate surface area is 256 Å². The molecule has 6 heteroatoms. The second-order valence-electron chi connectivity index (χ2n) is 16.4. The molecule has 0 radical (unpaired) electrons. The Morgan fingerprint density at radius 2 is 1.60 bits per heavy atom. The number of fused-ring (bicyclic) bond motifs is 5. The standard InChI is InChI=1S/C36H61N2O4/c1-6-13-33(40)42-34-31(38(5)20-11-8-12-21-38)23-29-27-15-14-26-22-32(41-25(2)39)30(37-18-9-7-10-19-37)24-36(26,4)28(27)16-17-35(29,34)3/h26-32,34H,6-24H2,1-5H3/q+1/t26-,27+,28-,29-,30-,31-,32-,34+,35-,36-/m0/s1. The van der Waals surface area contributed by atoms with Gasteiger partial charge in [0.1, 0.15) is 12.1 Å². The van der Waals surface area contributed by atoms with Crippen LogP contribution in [-0.4, -0.2) is 78.8 Å². The average Bonchev–Trinajstić information content (AvgIpc) is 3.26. The average molecular weight is 586 g/mol. The van der Waals surface area contributed by atoms with Crippen LogP contribution in [0, 0.1) is 34.5 Å². The Bertz CT molecular complexity index is 989. The first-order valence-electron chi connectivity index (χ1n) is 18.0. The van der Waals surface area contributed by atoms with Crippen molar-refractivity contribution in [2.75, 3.05) is 33.2 Å².